The molecule has 3 aromatic rings. The first-order valence-corrected chi connectivity index (χ1v) is 10.4. The Labute approximate surface area is 203 Å². The second-order valence-corrected chi connectivity index (χ2v) is 7.99. The summed E-state index contributed by atoms with van der Waals surface area (Å²) in [5.74, 6) is 3.94. The molecule has 2 aromatic heterocycles. The molecule has 0 spiro atoms. The molecule has 31 heavy (non-hydrogen) atoms. The number of guanidine groups is 1. The predicted octanol–water partition coefficient (Wildman–Crippen LogP) is 3.40. The number of aliphatic imine (C=N–C) groups is 1. The van der Waals surface area contributed by atoms with E-state index < -0.39 is 0 Å². The fourth-order valence-corrected chi connectivity index (χ4v) is 3.50. The van der Waals surface area contributed by atoms with Crippen molar-refractivity contribution in [2.45, 2.75) is 51.7 Å². The first kappa shape index (κ1) is 23.5. The van der Waals surface area contributed by atoms with Gasteiger partial charge in [-0.1, -0.05) is 42.7 Å². The van der Waals surface area contributed by atoms with Crippen molar-refractivity contribution in [1.82, 2.24) is 35.5 Å². The molecule has 0 saturated heterocycles. The molecule has 0 bridgehead atoms. The van der Waals surface area contributed by atoms with Crippen LogP contribution in [0.1, 0.15) is 43.7 Å². The van der Waals surface area contributed by atoms with Crippen molar-refractivity contribution in [3.8, 4) is 11.4 Å². The van der Waals surface area contributed by atoms with Gasteiger partial charge in [0.05, 0.1) is 13.1 Å². The first-order chi connectivity index (χ1) is 14.5. The fourth-order valence-electron chi connectivity index (χ4n) is 3.31. The topological polar surface area (TPSA) is 106 Å². The van der Waals surface area contributed by atoms with E-state index in [4.69, 9.17) is 16.1 Å². The maximum Gasteiger partial charge on any atom is 0.246 e. The molecule has 1 aromatic carbocycles. The molecule has 1 atom stereocenters. The number of nitrogens with zero attached hydrogens (tertiary/aromatic N) is 6. The molecule has 0 amide bonds. The Hall–Kier alpha value is -2.21. The Morgan fingerprint density at radius 1 is 1.35 bits per heavy atom. The maximum absolute atomic E-state index is 6.03. The highest BCUT2D eigenvalue weighted by molar-refractivity contribution is 14.0. The average molecular weight is 557 g/mol. The summed E-state index contributed by atoms with van der Waals surface area (Å²) >= 11 is 6.03. The second-order valence-electron chi connectivity index (χ2n) is 7.55. The summed E-state index contributed by atoms with van der Waals surface area (Å²) in [6, 6.07) is 7.57. The summed E-state index contributed by atoms with van der Waals surface area (Å²) in [7, 11) is 1.74. The van der Waals surface area contributed by atoms with Gasteiger partial charge in [0.15, 0.2) is 11.8 Å². The van der Waals surface area contributed by atoms with Crippen molar-refractivity contribution in [2.24, 2.45) is 4.99 Å². The number of hydrogen-bond acceptors (Lipinski definition) is 6. The van der Waals surface area contributed by atoms with E-state index in [0.717, 1.165) is 36.6 Å². The van der Waals surface area contributed by atoms with Gasteiger partial charge in [-0.05, 0) is 18.6 Å². The molecule has 166 valence electrons. The van der Waals surface area contributed by atoms with Crippen LogP contribution < -0.4 is 10.6 Å². The van der Waals surface area contributed by atoms with Crippen molar-refractivity contribution in [2.75, 3.05) is 7.05 Å². The van der Waals surface area contributed by atoms with E-state index in [1.165, 1.54) is 0 Å². The van der Waals surface area contributed by atoms with Crippen LogP contribution in [-0.4, -0.2) is 44.0 Å². The van der Waals surface area contributed by atoms with Crippen LogP contribution in [0.25, 0.3) is 11.4 Å². The monoisotopic (exact) mass is 556 g/mol. The van der Waals surface area contributed by atoms with Gasteiger partial charge in [0, 0.05) is 36.0 Å². The van der Waals surface area contributed by atoms with Crippen molar-refractivity contribution in [3.63, 3.8) is 0 Å². The quantitative estimate of drug-likeness (QED) is 0.282. The normalized spacial score (nSPS) is 16.0. The third-order valence-corrected chi connectivity index (χ3v) is 5.15. The molecule has 0 fully saturated rings. The van der Waals surface area contributed by atoms with E-state index in [1.807, 2.05) is 16.8 Å². The molecule has 2 N–H and O–H groups in total. The second kappa shape index (κ2) is 10.4. The van der Waals surface area contributed by atoms with Crippen molar-refractivity contribution >= 4 is 41.5 Å². The van der Waals surface area contributed by atoms with Gasteiger partial charge in [-0.15, -0.1) is 24.0 Å². The van der Waals surface area contributed by atoms with E-state index in [9.17, 15) is 0 Å². The van der Waals surface area contributed by atoms with Crippen LogP contribution >= 0.6 is 35.6 Å². The number of halogens is 2. The van der Waals surface area contributed by atoms with Gasteiger partial charge in [-0.2, -0.15) is 10.1 Å². The first-order valence-electron chi connectivity index (χ1n) is 10.0. The van der Waals surface area contributed by atoms with Gasteiger partial charge in [0.2, 0.25) is 11.7 Å². The Morgan fingerprint density at radius 2 is 2.19 bits per heavy atom. The van der Waals surface area contributed by atoms with Crippen LogP contribution in [0.4, 0.5) is 0 Å². The SMILES string of the molecule is CN=C(NCc1nc(-c2cccc(Cl)c2)no1)NC1CCc2nc(C(C)C)nn2C1.I. The Morgan fingerprint density at radius 3 is 2.94 bits per heavy atom. The zero-order valence-electron chi connectivity index (χ0n) is 17.7. The number of aromatic nitrogens is 5. The number of nitrogens with one attached hydrogen (secondary N) is 2. The van der Waals surface area contributed by atoms with E-state index in [2.05, 4.69) is 49.7 Å². The van der Waals surface area contributed by atoms with Gasteiger partial charge < -0.3 is 15.2 Å². The number of rotatable bonds is 5. The molecule has 0 radical (unpaired) electrons. The van der Waals surface area contributed by atoms with Gasteiger partial charge >= 0.3 is 0 Å². The van der Waals surface area contributed by atoms with E-state index >= 15 is 0 Å². The lowest BCUT2D eigenvalue weighted by Crippen LogP contribution is -2.46. The summed E-state index contributed by atoms with van der Waals surface area (Å²) in [5, 5.41) is 16.0. The molecule has 0 aliphatic carbocycles. The minimum Gasteiger partial charge on any atom is -0.352 e. The summed E-state index contributed by atoms with van der Waals surface area (Å²) in [4.78, 5) is 13.4. The molecule has 3 heterocycles. The molecule has 11 heteroatoms. The van der Waals surface area contributed by atoms with Gasteiger partial charge in [-0.25, -0.2) is 9.67 Å². The van der Waals surface area contributed by atoms with Crippen LogP contribution in [-0.2, 0) is 19.5 Å². The molecule has 9 nitrogen and oxygen atoms in total. The zero-order chi connectivity index (χ0) is 21.1. The lowest BCUT2D eigenvalue weighted by atomic mass is 10.1. The Kier molecular flexibility index (Phi) is 7.87. The van der Waals surface area contributed by atoms with Crippen LogP contribution in [0.15, 0.2) is 33.8 Å². The molecular formula is C20H26ClIN8O. The van der Waals surface area contributed by atoms with Crippen LogP contribution in [0.5, 0.6) is 0 Å². The molecule has 4 rings (SSSR count). The lowest BCUT2D eigenvalue weighted by molar-refractivity contribution is 0.371. The number of aryl methyl sites for hydroxylation is 1. The molecule has 1 unspecified atom stereocenters. The van der Waals surface area contributed by atoms with Gasteiger partial charge in [-0.3, -0.25) is 4.99 Å². The summed E-state index contributed by atoms with van der Waals surface area (Å²) in [5.41, 5.74) is 0.812. The van der Waals surface area contributed by atoms with E-state index in [0.29, 0.717) is 35.2 Å². The van der Waals surface area contributed by atoms with Gasteiger partial charge in [0.25, 0.3) is 0 Å². The highest BCUT2D eigenvalue weighted by Crippen LogP contribution is 2.20. The lowest BCUT2D eigenvalue weighted by Gasteiger charge is -2.25. The Bertz CT molecular complexity index is 1050. The average Bonchev–Trinajstić information content (AvgIpc) is 3.38. The minimum atomic E-state index is 0. The van der Waals surface area contributed by atoms with Crippen LogP contribution in [0.3, 0.4) is 0 Å². The smallest absolute Gasteiger partial charge is 0.246 e. The molecule has 1 aliphatic heterocycles. The number of benzene rings is 1. The third-order valence-electron chi connectivity index (χ3n) is 4.91. The van der Waals surface area contributed by atoms with E-state index in [1.54, 1.807) is 19.2 Å². The number of hydrogen-bond donors (Lipinski definition) is 2. The van der Waals surface area contributed by atoms with Crippen LogP contribution in [0, 0.1) is 0 Å². The number of fused-ring (bicyclic) bond motifs is 1. The fraction of sp³-hybridized carbons (Fsp3) is 0.450. The molecule has 1 aliphatic rings. The summed E-state index contributed by atoms with van der Waals surface area (Å²) in [6.07, 6.45) is 1.86. The molecule has 0 saturated carbocycles. The van der Waals surface area contributed by atoms with E-state index in [-0.39, 0.29) is 30.0 Å². The minimum absolute atomic E-state index is 0. The molecular weight excluding hydrogens is 531 g/mol. The summed E-state index contributed by atoms with van der Waals surface area (Å²) in [6.45, 7) is 5.34. The zero-order valence-corrected chi connectivity index (χ0v) is 20.8. The largest absolute Gasteiger partial charge is 0.352 e. The summed E-state index contributed by atoms with van der Waals surface area (Å²) < 4.78 is 7.34. The standard InChI is InChI=1S/C20H25ClN8O.HI/c1-12(2)18-25-16-8-7-15(11-29(16)27-18)24-20(22-3)23-10-17-26-19(28-30-17)13-5-4-6-14(21)9-13;/h4-6,9,12,15H,7-8,10-11H2,1-3H3,(H2,22,23,24);1H. The Balaban J connectivity index is 0.00000272. The third kappa shape index (κ3) is 5.73. The predicted molar refractivity (Wildman–Crippen MR) is 130 cm³/mol. The van der Waals surface area contributed by atoms with Crippen molar-refractivity contribution < 1.29 is 4.52 Å². The van der Waals surface area contributed by atoms with Crippen LogP contribution in [0.2, 0.25) is 5.02 Å². The van der Waals surface area contributed by atoms with Crippen molar-refractivity contribution in [3.05, 3.63) is 46.8 Å². The van der Waals surface area contributed by atoms with Crippen molar-refractivity contribution in [1.29, 1.82) is 0 Å². The maximum atomic E-state index is 6.03. The highest BCUT2D eigenvalue weighted by atomic mass is 127. The van der Waals surface area contributed by atoms with Gasteiger partial charge in [0.1, 0.15) is 5.82 Å². The highest BCUT2D eigenvalue weighted by Gasteiger charge is 2.23.